The number of esters is 1. The monoisotopic (exact) mass is 781 g/mol. The first-order valence-electron chi connectivity index (χ1n) is 23.9. The van der Waals surface area contributed by atoms with Crippen molar-refractivity contribution in [3.05, 3.63) is 0 Å². The molecule has 0 aromatic heterocycles. The highest BCUT2D eigenvalue weighted by molar-refractivity contribution is 5.72. The molecule has 56 heavy (non-hydrogen) atoms. The Hall–Kier alpha value is -1.18. The molecule has 0 radical (unpaired) electrons. The van der Waals surface area contributed by atoms with Gasteiger partial charge in [-0.2, -0.15) is 0 Å². The molecule has 0 saturated heterocycles. The second-order valence-electron chi connectivity index (χ2n) is 23.3. The van der Waals surface area contributed by atoms with E-state index in [1.807, 2.05) is 0 Å². The van der Waals surface area contributed by atoms with Crippen LogP contribution in [0.1, 0.15) is 170 Å². The Morgan fingerprint density at radius 3 is 1.64 bits per heavy atom. The van der Waals surface area contributed by atoms with Crippen LogP contribution < -0.4 is 0 Å². The van der Waals surface area contributed by atoms with Gasteiger partial charge in [-0.3, -0.25) is 9.59 Å². The van der Waals surface area contributed by atoms with Crippen LogP contribution in [0.15, 0.2) is 0 Å². The highest BCUT2D eigenvalue weighted by Gasteiger charge is 2.65. The van der Waals surface area contributed by atoms with Crippen molar-refractivity contribution >= 4 is 11.9 Å². The van der Waals surface area contributed by atoms with Crippen molar-refractivity contribution in [2.45, 2.75) is 195 Å². The highest BCUT2D eigenvalue weighted by atomic mass is 16.5. The fraction of sp³-hybridized carbons (Fsp3) is 0.959. The summed E-state index contributed by atoms with van der Waals surface area (Å²) in [5, 5.41) is 43.4. The van der Waals surface area contributed by atoms with E-state index in [4.69, 9.17) is 4.74 Å². The minimum absolute atomic E-state index is 0.0355. The fourth-order valence-electron chi connectivity index (χ4n) is 18.1. The van der Waals surface area contributed by atoms with Gasteiger partial charge in [0.05, 0.1) is 24.2 Å². The Balaban J connectivity index is 0.862. The van der Waals surface area contributed by atoms with E-state index in [9.17, 15) is 30.0 Å². The molecule has 8 saturated carbocycles. The molecule has 0 aliphatic heterocycles. The Bertz CT molecular complexity index is 1470. The number of ether oxygens (including phenoxy) is 1. The van der Waals surface area contributed by atoms with Gasteiger partial charge >= 0.3 is 11.9 Å². The third-order valence-corrected chi connectivity index (χ3v) is 21.0. The molecule has 7 nitrogen and oxygen atoms in total. The lowest BCUT2D eigenvalue weighted by molar-refractivity contribution is -0.185. The quantitative estimate of drug-likeness (QED) is 0.172. The number of carbonyl (C=O) groups excluding carboxylic acids is 1. The summed E-state index contributed by atoms with van der Waals surface area (Å²) in [7, 11) is 0. The molecule has 8 fully saturated rings. The first kappa shape index (κ1) is 41.5. The van der Waals surface area contributed by atoms with Crippen LogP contribution in [0.3, 0.4) is 0 Å². The highest BCUT2D eigenvalue weighted by Crippen LogP contribution is 2.70. The van der Waals surface area contributed by atoms with E-state index in [0.717, 1.165) is 83.5 Å². The molecule has 4 N–H and O–H groups in total. The summed E-state index contributed by atoms with van der Waals surface area (Å²) in [5.74, 6) is 4.62. The maximum absolute atomic E-state index is 13.9. The topological polar surface area (TPSA) is 124 Å². The summed E-state index contributed by atoms with van der Waals surface area (Å²) in [6, 6.07) is 0. The molecule has 0 aromatic rings. The molecule has 8 aliphatic rings. The average Bonchev–Trinajstić information content (AvgIpc) is 3.68. The number of carboxylic acids is 1. The van der Waals surface area contributed by atoms with Crippen LogP contribution >= 0.6 is 0 Å². The van der Waals surface area contributed by atoms with Gasteiger partial charge in [-0.05, 0) is 208 Å². The summed E-state index contributed by atoms with van der Waals surface area (Å²) < 4.78 is 6.42. The number of carbonyl (C=O) groups is 2. The lowest BCUT2D eigenvalue weighted by Crippen LogP contribution is -2.59. The van der Waals surface area contributed by atoms with E-state index >= 15 is 0 Å². The van der Waals surface area contributed by atoms with E-state index in [0.29, 0.717) is 71.0 Å². The number of aliphatic carboxylic acids is 1. The zero-order valence-corrected chi connectivity index (χ0v) is 36.3. The molecule has 7 heteroatoms. The van der Waals surface area contributed by atoms with Gasteiger partial charge in [0.2, 0.25) is 0 Å². The summed E-state index contributed by atoms with van der Waals surface area (Å²) in [6.45, 7) is 16.7. The number of hydrogen-bond acceptors (Lipinski definition) is 6. The third kappa shape index (κ3) is 6.67. The molecule has 8 aliphatic carbocycles. The van der Waals surface area contributed by atoms with Crippen molar-refractivity contribution in [2.24, 2.45) is 98.6 Å². The molecule has 0 heterocycles. The molecule has 21 atom stereocenters. The van der Waals surface area contributed by atoms with Crippen molar-refractivity contribution in [3.63, 3.8) is 0 Å². The van der Waals surface area contributed by atoms with Gasteiger partial charge in [0.1, 0.15) is 6.10 Å². The van der Waals surface area contributed by atoms with Crippen LogP contribution in [0, 0.1) is 98.6 Å². The van der Waals surface area contributed by atoms with Crippen LogP contribution in [0.4, 0.5) is 0 Å². The van der Waals surface area contributed by atoms with E-state index in [-0.39, 0.29) is 64.4 Å². The van der Waals surface area contributed by atoms with Gasteiger partial charge in [0.25, 0.3) is 0 Å². The summed E-state index contributed by atoms with van der Waals surface area (Å²) in [4.78, 5) is 25.2. The van der Waals surface area contributed by atoms with Crippen LogP contribution in [-0.2, 0) is 14.3 Å². The zero-order chi connectivity index (χ0) is 40.1. The number of hydrogen-bond donors (Lipinski definition) is 4. The van der Waals surface area contributed by atoms with Gasteiger partial charge in [-0.25, -0.2) is 0 Å². The molecule has 6 unspecified atom stereocenters. The molecule has 0 bridgehead atoms. The van der Waals surface area contributed by atoms with Crippen molar-refractivity contribution in [1.29, 1.82) is 0 Å². The molecular weight excluding hydrogens is 701 g/mol. The number of fused-ring (bicyclic) bond motifs is 10. The molecule has 0 spiro atoms. The van der Waals surface area contributed by atoms with Crippen molar-refractivity contribution in [2.75, 3.05) is 0 Å². The minimum atomic E-state index is -0.697. The molecular formula is C49H80O7. The lowest BCUT2D eigenvalue weighted by atomic mass is 9.43. The molecule has 8 rings (SSSR count). The van der Waals surface area contributed by atoms with Crippen LogP contribution in [0.5, 0.6) is 0 Å². The number of aliphatic hydroxyl groups is 3. The first-order chi connectivity index (χ1) is 26.4. The second kappa shape index (κ2) is 15.1. The Kier molecular flexibility index (Phi) is 11.2. The zero-order valence-electron chi connectivity index (χ0n) is 36.3. The SMILES string of the molecule is CC(C[C@@H](C)[C@H]1CCC2C3C(CC[C@@]21C)[C@@]1(C)CC[C@H](O)CC1C[C@@H]3O)C(=O)O[C@H]1CC[C@@]2(C)C(C1)C[C@H](O)[C@H]1[C@@H]3CC[C@H]([C@H](C)CCC(=O)O)[C@@]3(C)CC[C@@H]12. The minimum Gasteiger partial charge on any atom is -0.481 e. The standard InChI is InChI=1S/C49H80O7/c1-27(8-13-42(53)54)34-9-11-36-43-39(16-20-48(34,36)6)47(5)19-15-33(24-31(47)26-41(43)52)56-45(55)29(3)22-28(2)35-10-12-37-44-38(17-21-49(35,37)7)46(4)18-14-32(50)23-30(46)25-40(44)51/h27-41,43-44,50-52H,8-26H2,1-7H3,(H,53,54)/t27-,28-,29?,30?,31?,32+,33+,34-,35-,36+,37?,38?,39+,40+,41+,43+,44?,46+,47+,48-,49-/m1/s1. The summed E-state index contributed by atoms with van der Waals surface area (Å²) >= 11 is 0. The fourth-order valence-corrected chi connectivity index (χ4v) is 18.1. The number of carboxylic acid groups (broad SMARTS) is 1. The first-order valence-corrected chi connectivity index (χ1v) is 23.9. The Labute approximate surface area is 339 Å². The average molecular weight is 781 g/mol. The largest absolute Gasteiger partial charge is 0.481 e. The van der Waals surface area contributed by atoms with Gasteiger partial charge in [-0.1, -0.05) is 48.5 Å². The third-order valence-electron chi connectivity index (χ3n) is 21.0. The van der Waals surface area contributed by atoms with E-state index in [1.165, 1.54) is 32.1 Å². The van der Waals surface area contributed by atoms with Crippen LogP contribution in [0.25, 0.3) is 0 Å². The second-order valence-corrected chi connectivity index (χ2v) is 23.3. The van der Waals surface area contributed by atoms with Gasteiger partial charge in [0, 0.05) is 6.42 Å². The van der Waals surface area contributed by atoms with Crippen molar-refractivity contribution < 1.29 is 34.8 Å². The van der Waals surface area contributed by atoms with Gasteiger partial charge < -0.3 is 25.2 Å². The van der Waals surface area contributed by atoms with E-state index < -0.39 is 5.97 Å². The molecule has 0 aromatic carbocycles. The number of rotatable bonds is 9. The van der Waals surface area contributed by atoms with Crippen molar-refractivity contribution in [3.8, 4) is 0 Å². The number of aliphatic hydroxyl groups excluding tert-OH is 3. The van der Waals surface area contributed by atoms with E-state index in [2.05, 4.69) is 48.5 Å². The van der Waals surface area contributed by atoms with Crippen LogP contribution in [0.2, 0.25) is 0 Å². The smallest absolute Gasteiger partial charge is 0.308 e. The maximum Gasteiger partial charge on any atom is 0.308 e. The Morgan fingerprint density at radius 1 is 0.607 bits per heavy atom. The summed E-state index contributed by atoms with van der Waals surface area (Å²) in [5.41, 5.74) is 0.781. The normalized spacial score (nSPS) is 52.5. The van der Waals surface area contributed by atoms with Gasteiger partial charge in [0.15, 0.2) is 0 Å². The predicted octanol–water partition coefficient (Wildman–Crippen LogP) is 9.68. The molecule has 318 valence electrons. The summed E-state index contributed by atoms with van der Waals surface area (Å²) in [6.07, 6.45) is 17.8. The maximum atomic E-state index is 13.9. The Morgan fingerprint density at radius 2 is 1.09 bits per heavy atom. The predicted molar refractivity (Wildman–Crippen MR) is 218 cm³/mol. The van der Waals surface area contributed by atoms with Gasteiger partial charge in [-0.15, -0.1) is 0 Å². The van der Waals surface area contributed by atoms with Crippen molar-refractivity contribution in [1.82, 2.24) is 0 Å². The van der Waals surface area contributed by atoms with E-state index in [1.54, 1.807) is 0 Å². The molecule has 0 amide bonds. The lowest BCUT2D eigenvalue weighted by Gasteiger charge is -2.62. The van der Waals surface area contributed by atoms with Crippen LogP contribution in [-0.4, -0.2) is 56.8 Å².